The highest BCUT2D eigenvalue weighted by Crippen LogP contribution is 2.30. The molecular formula is C16H17NO4. The second-order valence-electron chi connectivity index (χ2n) is 4.62. The minimum atomic E-state index is -0.597. The number of esters is 2. The van der Waals surface area contributed by atoms with Gasteiger partial charge >= 0.3 is 11.9 Å². The van der Waals surface area contributed by atoms with E-state index in [0.29, 0.717) is 5.69 Å². The molecule has 0 bridgehead atoms. The Kier molecular flexibility index (Phi) is 4.12. The summed E-state index contributed by atoms with van der Waals surface area (Å²) < 4.78 is 11.3. The van der Waals surface area contributed by atoms with E-state index in [2.05, 4.69) is 4.74 Å². The number of para-hydroxylation sites is 1. The summed E-state index contributed by atoms with van der Waals surface area (Å²) in [7, 11) is 4.40. The Labute approximate surface area is 122 Å². The summed E-state index contributed by atoms with van der Waals surface area (Å²) >= 11 is 0. The van der Waals surface area contributed by atoms with Crippen molar-refractivity contribution in [3.8, 4) is 0 Å². The molecule has 21 heavy (non-hydrogen) atoms. The first-order valence-electron chi connectivity index (χ1n) is 6.43. The van der Waals surface area contributed by atoms with Gasteiger partial charge in [0.2, 0.25) is 0 Å². The predicted octanol–water partition coefficient (Wildman–Crippen LogP) is 2.22. The fourth-order valence-corrected chi connectivity index (χ4v) is 2.48. The molecule has 0 aliphatic heterocycles. The average molecular weight is 287 g/mol. The molecule has 0 saturated carbocycles. The fraction of sp³-hybridized carbons (Fsp3) is 0.250. The highest BCUT2D eigenvalue weighted by molar-refractivity contribution is 6.21. The lowest BCUT2D eigenvalue weighted by atomic mass is 10.1. The number of benzene rings is 1. The second-order valence-corrected chi connectivity index (χ2v) is 4.62. The number of aryl methyl sites for hydroxylation is 2. The summed E-state index contributed by atoms with van der Waals surface area (Å²) in [5.74, 6) is -1.17. The van der Waals surface area contributed by atoms with Crippen molar-refractivity contribution in [1.29, 1.82) is 0 Å². The summed E-state index contributed by atoms with van der Waals surface area (Å²) in [6, 6.07) is 7.79. The number of ether oxygens (including phenoxy) is 2. The third-order valence-corrected chi connectivity index (χ3v) is 3.48. The minimum Gasteiger partial charge on any atom is -0.466 e. The van der Waals surface area contributed by atoms with Crippen molar-refractivity contribution in [2.45, 2.75) is 6.92 Å². The molecule has 1 aromatic heterocycles. The maximum Gasteiger partial charge on any atom is 0.340 e. The number of fused-ring (bicyclic) bond motifs is 1. The van der Waals surface area contributed by atoms with Crippen LogP contribution in [-0.2, 0) is 26.1 Å². The van der Waals surface area contributed by atoms with E-state index in [1.165, 1.54) is 14.2 Å². The fourth-order valence-electron chi connectivity index (χ4n) is 2.48. The number of nitrogens with zero attached hydrogens (tertiary/aromatic N) is 1. The van der Waals surface area contributed by atoms with Gasteiger partial charge in [-0.2, -0.15) is 0 Å². The zero-order valence-corrected chi connectivity index (χ0v) is 12.5. The van der Waals surface area contributed by atoms with Crippen LogP contribution in [0.25, 0.3) is 16.5 Å². The van der Waals surface area contributed by atoms with E-state index in [1.807, 2.05) is 42.8 Å². The van der Waals surface area contributed by atoms with Crippen LogP contribution < -0.4 is 0 Å². The van der Waals surface area contributed by atoms with Gasteiger partial charge in [-0.25, -0.2) is 9.59 Å². The van der Waals surface area contributed by atoms with Crippen LogP contribution in [0.2, 0.25) is 0 Å². The summed E-state index contributed by atoms with van der Waals surface area (Å²) in [5, 5.41) is 1.02. The topological polar surface area (TPSA) is 57.5 Å². The van der Waals surface area contributed by atoms with E-state index in [9.17, 15) is 9.59 Å². The third-order valence-electron chi connectivity index (χ3n) is 3.48. The van der Waals surface area contributed by atoms with E-state index in [1.54, 1.807) is 0 Å². The Morgan fingerprint density at radius 1 is 1.14 bits per heavy atom. The lowest BCUT2D eigenvalue weighted by molar-refractivity contribution is -0.136. The highest BCUT2D eigenvalue weighted by atomic mass is 16.5. The first kappa shape index (κ1) is 14.8. The number of carbonyl (C=O) groups is 2. The smallest absolute Gasteiger partial charge is 0.340 e. The molecule has 0 atom stereocenters. The van der Waals surface area contributed by atoms with Crippen molar-refractivity contribution in [2.24, 2.45) is 7.05 Å². The van der Waals surface area contributed by atoms with Crippen molar-refractivity contribution in [1.82, 2.24) is 4.57 Å². The van der Waals surface area contributed by atoms with Crippen LogP contribution in [-0.4, -0.2) is 30.7 Å². The minimum absolute atomic E-state index is 0.181. The van der Waals surface area contributed by atoms with Crippen molar-refractivity contribution in [2.75, 3.05) is 14.2 Å². The van der Waals surface area contributed by atoms with Crippen molar-refractivity contribution in [3.05, 3.63) is 41.6 Å². The van der Waals surface area contributed by atoms with E-state index < -0.39 is 11.9 Å². The zero-order chi connectivity index (χ0) is 15.6. The number of aromatic nitrogens is 1. The molecule has 0 amide bonds. The first-order chi connectivity index (χ1) is 10.0. The number of carbonyl (C=O) groups excluding carboxylic acids is 2. The van der Waals surface area contributed by atoms with Crippen molar-refractivity contribution in [3.63, 3.8) is 0 Å². The Morgan fingerprint density at radius 2 is 1.81 bits per heavy atom. The molecule has 0 radical (unpaired) electrons. The molecule has 0 spiro atoms. The number of hydrogen-bond acceptors (Lipinski definition) is 4. The van der Waals surface area contributed by atoms with Gasteiger partial charge in [-0.15, -0.1) is 0 Å². The van der Waals surface area contributed by atoms with Gasteiger partial charge in [0, 0.05) is 24.0 Å². The molecule has 0 unspecified atom stereocenters. The molecular weight excluding hydrogens is 270 g/mol. The summed E-state index contributed by atoms with van der Waals surface area (Å²) in [5.41, 5.74) is 2.72. The van der Waals surface area contributed by atoms with Gasteiger partial charge in [0.1, 0.15) is 0 Å². The molecule has 0 N–H and O–H groups in total. The van der Waals surface area contributed by atoms with Crippen LogP contribution in [0.3, 0.4) is 0 Å². The third kappa shape index (κ3) is 2.54. The molecule has 2 rings (SSSR count). The predicted molar refractivity (Wildman–Crippen MR) is 79.7 cm³/mol. The van der Waals surface area contributed by atoms with Crippen molar-refractivity contribution < 1.29 is 19.1 Å². The van der Waals surface area contributed by atoms with E-state index in [-0.39, 0.29) is 5.57 Å². The maximum atomic E-state index is 12.0. The maximum absolute atomic E-state index is 12.0. The Balaban J connectivity index is 2.74. The number of hydrogen-bond donors (Lipinski definition) is 0. The summed E-state index contributed by atoms with van der Waals surface area (Å²) in [6.07, 6.45) is 1.16. The summed E-state index contributed by atoms with van der Waals surface area (Å²) in [4.78, 5) is 23.6. The van der Waals surface area contributed by atoms with E-state index >= 15 is 0 Å². The van der Waals surface area contributed by atoms with Crippen molar-refractivity contribution >= 4 is 28.4 Å². The van der Waals surface area contributed by atoms with Gasteiger partial charge in [-0.3, -0.25) is 0 Å². The first-order valence-corrected chi connectivity index (χ1v) is 6.43. The van der Waals surface area contributed by atoms with Gasteiger partial charge in [0.05, 0.1) is 25.5 Å². The normalized spacial score (nSPS) is 11.5. The highest BCUT2D eigenvalue weighted by Gasteiger charge is 2.22. The molecule has 5 heteroatoms. The van der Waals surface area contributed by atoms with Gasteiger partial charge in [0.15, 0.2) is 0 Å². The van der Waals surface area contributed by atoms with Gasteiger partial charge in [-0.05, 0) is 18.6 Å². The molecule has 110 valence electrons. The zero-order valence-electron chi connectivity index (χ0n) is 12.5. The van der Waals surface area contributed by atoms with Gasteiger partial charge in [-0.1, -0.05) is 18.2 Å². The lowest BCUT2D eigenvalue weighted by Crippen LogP contribution is -2.11. The van der Waals surface area contributed by atoms with E-state index in [4.69, 9.17) is 4.74 Å². The monoisotopic (exact) mass is 287 g/mol. The Hall–Kier alpha value is -2.56. The molecule has 5 nitrogen and oxygen atoms in total. The Morgan fingerprint density at radius 3 is 2.38 bits per heavy atom. The summed E-state index contributed by atoms with van der Waals surface area (Å²) in [6.45, 7) is 1.91. The van der Waals surface area contributed by atoms with Crippen LogP contribution in [0.4, 0.5) is 0 Å². The van der Waals surface area contributed by atoms with Crippen LogP contribution in [0, 0.1) is 6.92 Å². The van der Waals surface area contributed by atoms with Gasteiger partial charge < -0.3 is 14.0 Å². The molecule has 0 saturated heterocycles. The average Bonchev–Trinajstić information content (AvgIpc) is 2.76. The van der Waals surface area contributed by atoms with Crippen LogP contribution in [0.15, 0.2) is 30.3 Å². The quantitative estimate of drug-likeness (QED) is 0.641. The molecule has 2 aromatic rings. The standard InChI is InChI=1S/C16H17NO4/c1-10-11-7-5-6-8-13(11)17(2)15(10)12(16(19)21-4)9-14(18)20-3/h5-9H,1-4H3/b12-9+. The molecule has 0 fully saturated rings. The molecule has 0 aliphatic carbocycles. The van der Waals surface area contributed by atoms with Crippen LogP contribution in [0.5, 0.6) is 0 Å². The van der Waals surface area contributed by atoms with E-state index in [0.717, 1.165) is 22.5 Å². The number of rotatable bonds is 3. The molecule has 1 heterocycles. The van der Waals surface area contributed by atoms with Gasteiger partial charge in [0.25, 0.3) is 0 Å². The Bertz CT molecular complexity index is 701. The molecule has 0 aliphatic rings. The number of methoxy groups -OCH3 is 2. The largest absolute Gasteiger partial charge is 0.466 e. The van der Waals surface area contributed by atoms with Crippen LogP contribution in [0.1, 0.15) is 11.3 Å². The second kappa shape index (κ2) is 5.83. The molecule has 1 aromatic carbocycles. The SMILES string of the molecule is COC(=O)/C=C(/C(=O)OC)c1c(C)c2ccccc2n1C. The van der Waals surface area contributed by atoms with Crippen LogP contribution >= 0.6 is 0 Å². The lowest BCUT2D eigenvalue weighted by Gasteiger charge is -2.09.